The van der Waals surface area contributed by atoms with E-state index in [0.717, 1.165) is 36.5 Å². The maximum atomic E-state index is 12.5. The molecule has 1 atom stereocenters. The van der Waals surface area contributed by atoms with E-state index in [2.05, 4.69) is 31.5 Å². The molecule has 8 heteroatoms. The van der Waals surface area contributed by atoms with Gasteiger partial charge in [-0.15, -0.1) is 5.10 Å². The van der Waals surface area contributed by atoms with Gasteiger partial charge in [-0.05, 0) is 44.0 Å². The smallest absolute Gasteiger partial charge is 0.258 e. The number of hydrogen-bond acceptors (Lipinski definition) is 6. The number of carbonyl (C=O) groups is 1. The molecule has 0 saturated carbocycles. The lowest BCUT2D eigenvalue weighted by atomic mass is 9.98. The fourth-order valence-electron chi connectivity index (χ4n) is 3.67. The lowest BCUT2D eigenvalue weighted by molar-refractivity contribution is 0.102. The molecule has 1 aromatic carbocycles. The molecule has 146 valence electrons. The highest BCUT2D eigenvalue weighted by Crippen LogP contribution is 2.31. The Morgan fingerprint density at radius 1 is 1.32 bits per heavy atom. The van der Waals surface area contributed by atoms with Crippen LogP contribution in [0.4, 0.5) is 5.95 Å². The first-order valence-electron chi connectivity index (χ1n) is 9.52. The summed E-state index contributed by atoms with van der Waals surface area (Å²) >= 11 is 0. The number of anilines is 1. The third kappa shape index (κ3) is 4.12. The Hall–Kier alpha value is -3.00. The number of rotatable bonds is 5. The van der Waals surface area contributed by atoms with E-state index in [1.165, 1.54) is 12.8 Å². The molecule has 0 spiro atoms. The molecular formula is C20H24N6O2. The quantitative estimate of drug-likeness (QED) is 0.732. The Kier molecular flexibility index (Phi) is 5.21. The maximum absolute atomic E-state index is 12.5. The predicted molar refractivity (Wildman–Crippen MR) is 104 cm³/mol. The molecule has 1 N–H and O–H groups in total. The minimum atomic E-state index is -0.213. The molecule has 8 nitrogen and oxygen atoms in total. The van der Waals surface area contributed by atoms with Crippen LogP contribution in [0, 0.1) is 6.92 Å². The van der Waals surface area contributed by atoms with Gasteiger partial charge < -0.3 is 4.52 Å². The number of likely N-dealkylation sites (tertiary alicyclic amines) is 1. The van der Waals surface area contributed by atoms with Crippen molar-refractivity contribution in [2.75, 3.05) is 11.9 Å². The van der Waals surface area contributed by atoms with E-state index >= 15 is 0 Å². The van der Waals surface area contributed by atoms with Gasteiger partial charge in [-0.25, -0.2) is 4.98 Å². The number of carbonyl (C=O) groups excluding carboxylic acids is 1. The minimum absolute atomic E-state index is 0.213. The van der Waals surface area contributed by atoms with E-state index in [9.17, 15) is 4.79 Å². The Labute approximate surface area is 163 Å². The SMILES string of the molecule is Cc1cc(C2CCCCN2Cc2cccc(C(=O)Nc3ncn(C)n3)c2)no1. The van der Waals surface area contributed by atoms with E-state index in [1.807, 2.05) is 25.1 Å². The molecule has 3 heterocycles. The molecule has 1 aliphatic heterocycles. The Morgan fingerprint density at radius 3 is 2.96 bits per heavy atom. The zero-order chi connectivity index (χ0) is 19.5. The summed E-state index contributed by atoms with van der Waals surface area (Å²) in [7, 11) is 1.76. The van der Waals surface area contributed by atoms with Gasteiger partial charge in [0.2, 0.25) is 5.95 Å². The zero-order valence-electron chi connectivity index (χ0n) is 16.1. The van der Waals surface area contributed by atoms with Crippen molar-refractivity contribution in [3.05, 3.63) is 59.2 Å². The number of piperidine rings is 1. The second kappa shape index (κ2) is 7.93. The van der Waals surface area contributed by atoms with E-state index in [-0.39, 0.29) is 11.9 Å². The first kappa shape index (κ1) is 18.4. The molecule has 0 aliphatic carbocycles. The van der Waals surface area contributed by atoms with Gasteiger partial charge in [0, 0.05) is 25.2 Å². The summed E-state index contributed by atoms with van der Waals surface area (Å²) in [6, 6.07) is 9.97. The summed E-state index contributed by atoms with van der Waals surface area (Å²) in [4.78, 5) is 19.0. The van der Waals surface area contributed by atoms with Crippen LogP contribution in [0.5, 0.6) is 0 Å². The second-order valence-electron chi connectivity index (χ2n) is 7.24. The van der Waals surface area contributed by atoms with Gasteiger partial charge in [-0.2, -0.15) is 0 Å². The van der Waals surface area contributed by atoms with E-state index in [1.54, 1.807) is 24.1 Å². The number of amides is 1. The Balaban J connectivity index is 1.48. The maximum Gasteiger partial charge on any atom is 0.258 e. The molecule has 1 unspecified atom stereocenters. The molecular weight excluding hydrogens is 356 g/mol. The highest BCUT2D eigenvalue weighted by Gasteiger charge is 2.26. The molecule has 1 amide bonds. The number of hydrogen-bond donors (Lipinski definition) is 1. The Bertz CT molecular complexity index is 963. The standard InChI is InChI=1S/C20H24N6O2/c1-14-10-17(24-28-14)18-8-3-4-9-26(18)12-15-6-5-7-16(11-15)19(27)22-20-21-13-25(2)23-20/h5-7,10-11,13,18H,3-4,8-9,12H2,1-2H3,(H,22,23,27). The van der Waals surface area contributed by atoms with Crippen LogP contribution >= 0.6 is 0 Å². The average molecular weight is 380 g/mol. The van der Waals surface area contributed by atoms with Gasteiger partial charge in [0.1, 0.15) is 17.8 Å². The second-order valence-corrected chi connectivity index (χ2v) is 7.24. The summed E-state index contributed by atoms with van der Waals surface area (Å²) < 4.78 is 6.83. The predicted octanol–water partition coefficient (Wildman–Crippen LogP) is 3.09. The highest BCUT2D eigenvalue weighted by atomic mass is 16.5. The molecule has 28 heavy (non-hydrogen) atoms. The molecule has 1 aliphatic rings. The summed E-state index contributed by atoms with van der Waals surface area (Å²) in [5.74, 6) is 0.924. The van der Waals surface area contributed by atoms with Gasteiger partial charge in [0.15, 0.2) is 0 Å². The van der Waals surface area contributed by atoms with Gasteiger partial charge in [-0.1, -0.05) is 23.7 Å². The van der Waals surface area contributed by atoms with E-state index < -0.39 is 0 Å². The molecule has 3 aromatic rings. The van der Waals surface area contributed by atoms with Crippen LogP contribution in [0.2, 0.25) is 0 Å². The number of aryl methyl sites for hydroxylation is 2. The number of aromatic nitrogens is 4. The third-order valence-electron chi connectivity index (χ3n) is 5.00. The van der Waals surface area contributed by atoms with Crippen molar-refractivity contribution in [1.82, 2.24) is 24.8 Å². The van der Waals surface area contributed by atoms with Gasteiger partial charge >= 0.3 is 0 Å². The van der Waals surface area contributed by atoms with Gasteiger partial charge in [0.05, 0.1) is 6.04 Å². The van der Waals surface area contributed by atoms with Crippen LogP contribution in [-0.4, -0.2) is 37.3 Å². The summed E-state index contributed by atoms with van der Waals surface area (Å²) in [6.45, 7) is 3.69. The molecule has 1 saturated heterocycles. The van der Waals surface area contributed by atoms with E-state index in [4.69, 9.17) is 4.52 Å². The van der Waals surface area contributed by atoms with Crippen molar-refractivity contribution in [3.63, 3.8) is 0 Å². The zero-order valence-corrected chi connectivity index (χ0v) is 16.1. The van der Waals surface area contributed by atoms with Gasteiger partial charge in [-0.3, -0.25) is 19.7 Å². The monoisotopic (exact) mass is 380 g/mol. The van der Waals surface area contributed by atoms with Crippen LogP contribution in [0.25, 0.3) is 0 Å². The fourth-order valence-corrected chi connectivity index (χ4v) is 3.67. The summed E-state index contributed by atoms with van der Waals surface area (Å²) in [6.07, 6.45) is 4.97. The molecule has 2 aromatic heterocycles. The van der Waals surface area contributed by atoms with Crippen LogP contribution in [-0.2, 0) is 13.6 Å². The lowest BCUT2D eigenvalue weighted by Gasteiger charge is -2.34. The highest BCUT2D eigenvalue weighted by molar-refractivity contribution is 6.03. The molecule has 0 radical (unpaired) electrons. The van der Waals surface area contributed by atoms with Crippen LogP contribution in [0.3, 0.4) is 0 Å². The summed E-state index contributed by atoms with van der Waals surface area (Å²) in [5.41, 5.74) is 2.68. The normalized spacial score (nSPS) is 17.6. The molecule has 0 bridgehead atoms. The van der Waals surface area contributed by atoms with Crippen LogP contribution in [0.15, 0.2) is 41.2 Å². The van der Waals surface area contributed by atoms with E-state index in [0.29, 0.717) is 11.5 Å². The number of benzene rings is 1. The van der Waals surface area contributed by atoms with Crippen molar-refractivity contribution < 1.29 is 9.32 Å². The topological polar surface area (TPSA) is 89.1 Å². The van der Waals surface area contributed by atoms with Crippen molar-refractivity contribution >= 4 is 11.9 Å². The fraction of sp³-hybridized carbons (Fsp3) is 0.400. The van der Waals surface area contributed by atoms with Crippen LogP contribution < -0.4 is 5.32 Å². The number of nitrogens with one attached hydrogen (secondary N) is 1. The molecule has 4 rings (SSSR count). The first-order chi connectivity index (χ1) is 13.6. The van der Waals surface area contributed by atoms with Crippen molar-refractivity contribution in [2.24, 2.45) is 7.05 Å². The van der Waals surface area contributed by atoms with Crippen molar-refractivity contribution in [2.45, 2.75) is 38.8 Å². The van der Waals surface area contributed by atoms with Gasteiger partial charge in [0.25, 0.3) is 5.91 Å². The average Bonchev–Trinajstić information content (AvgIpc) is 3.30. The van der Waals surface area contributed by atoms with Crippen LogP contribution in [0.1, 0.15) is 52.7 Å². The molecule has 1 fully saturated rings. The first-order valence-corrected chi connectivity index (χ1v) is 9.52. The third-order valence-corrected chi connectivity index (χ3v) is 5.00. The lowest BCUT2D eigenvalue weighted by Crippen LogP contribution is -2.33. The summed E-state index contributed by atoms with van der Waals surface area (Å²) in [5, 5.41) is 11.0. The van der Waals surface area contributed by atoms with Crippen molar-refractivity contribution in [1.29, 1.82) is 0 Å². The Morgan fingerprint density at radius 2 is 2.21 bits per heavy atom. The largest absolute Gasteiger partial charge is 0.361 e. The van der Waals surface area contributed by atoms with Crippen molar-refractivity contribution in [3.8, 4) is 0 Å². The number of nitrogens with zero attached hydrogens (tertiary/aromatic N) is 5. The minimum Gasteiger partial charge on any atom is -0.361 e.